The molecule has 0 atom stereocenters. The number of benzene rings is 2. The molecular weight excluding hydrogens is 360 g/mol. The predicted octanol–water partition coefficient (Wildman–Crippen LogP) is 2.62. The molecule has 0 unspecified atom stereocenters. The molecule has 6 heteroatoms. The average molecular weight is 389 g/mol. The number of nitrogens with one attached hydrogen (secondary N) is 1. The van der Waals surface area contributed by atoms with Crippen molar-refractivity contribution in [3.63, 3.8) is 0 Å². The summed E-state index contributed by atoms with van der Waals surface area (Å²) >= 11 is 0. The Hall–Kier alpha value is -1.89. The summed E-state index contributed by atoms with van der Waals surface area (Å²) in [5.41, 5.74) is 3.50. The third-order valence-electron chi connectivity index (χ3n) is 4.78. The molecule has 3 rings (SSSR count). The second-order valence-electron chi connectivity index (χ2n) is 6.82. The molecular formula is C21H28N2O3S. The molecule has 1 saturated heterocycles. The van der Waals surface area contributed by atoms with Gasteiger partial charge in [0.1, 0.15) is 0 Å². The monoisotopic (exact) mass is 388 g/mol. The number of anilines is 1. The van der Waals surface area contributed by atoms with Gasteiger partial charge in [0, 0.05) is 25.3 Å². The molecule has 1 fully saturated rings. The van der Waals surface area contributed by atoms with Crippen molar-refractivity contribution in [3.05, 3.63) is 65.7 Å². The van der Waals surface area contributed by atoms with Gasteiger partial charge in [-0.3, -0.25) is 0 Å². The predicted molar refractivity (Wildman–Crippen MR) is 110 cm³/mol. The quantitative estimate of drug-likeness (QED) is 0.671. The summed E-state index contributed by atoms with van der Waals surface area (Å²) in [6.45, 7) is 3.91. The maximum absolute atomic E-state index is 12.1. The van der Waals surface area contributed by atoms with Crippen LogP contribution in [0.2, 0.25) is 0 Å². The van der Waals surface area contributed by atoms with Gasteiger partial charge in [0.15, 0.2) is 0 Å². The lowest BCUT2D eigenvalue weighted by molar-refractivity contribution is 0.122. The molecule has 0 spiro atoms. The van der Waals surface area contributed by atoms with Crippen LogP contribution < -0.4 is 9.62 Å². The first-order valence-corrected chi connectivity index (χ1v) is 11.2. The van der Waals surface area contributed by atoms with Crippen molar-refractivity contribution in [1.82, 2.24) is 4.72 Å². The second kappa shape index (κ2) is 9.88. The molecule has 0 aliphatic carbocycles. The summed E-state index contributed by atoms with van der Waals surface area (Å²) in [7, 11) is -3.22. The Labute approximate surface area is 162 Å². The number of rotatable bonds is 9. The summed E-state index contributed by atoms with van der Waals surface area (Å²) in [6, 6.07) is 18.3. The molecule has 0 amide bonds. The van der Waals surface area contributed by atoms with E-state index in [-0.39, 0.29) is 5.75 Å². The normalized spacial score (nSPS) is 15.0. The summed E-state index contributed by atoms with van der Waals surface area (Å²) in [5.74, 6) is 0.130. The summed E-state index contributed by atoms with van der Waals surface area (Å²) in [5, 5.41) is 0. The van der Waals surface area contributed by atoms with E-state index in [4.69, 9.17) is 4.74 Å². The summed E-state index contributed by atoms with van der Waals surface area (Å²) in [6.07, 6.45) is 2.20. The van der Waals surface area contributed by atoms with Gasteiger partial charge in [0.25, 0.3) is 0 Å². The standard InChI is InChI=1S/C21H28N2O3S/c24-27(25,18-12-19-5-2-1-3-6-19)22-13-4-7-20-8-10-21(11-9-20)23-14-16-26-17-15-23/h1-3,5-6,8-11,22H,4,7,12-18H2. The third-order valence-corrected chi connectivity index (χ3v) is 6.16. The zero-order chi connectivity index (χ0) is 19.0. The van der Waals surface area contributed by atoms with Crippen molar-refractivity contribution in [1.29, 1.82) is 0 Å². The molecule has 27 heavy (non-hydrogen) atoms. The average Bonchev–Trinajstić information content (AvgIpc) is 2.72. The van der Waals surface area contributed by atoms with Crippen molar-refractivity contribution in [2.45, 2.75) is 19.3 Å². The van der Waals surface area contributed by atoms with Crippen molar-refractivity contribution < 1.29 is 13.2 Å². The Morgan fingerprint density at radius 1 is 0.889 bits per heavy atom. The zero-order valence-corrected chi connectivity index (χ0v) is 16.5. The van der Waals surface area contributed by atoms with E-state index in [0.29, 0.717) is 13.0 Å². The van der Waals surface area contributed by atoms with Gasteiger partial charge in [-0.25, -0.2) is 13.1 Å². The zero-order valence-electron chi connectivity index (χ0n) is 15.6. The van der Waals surface area contributed by atoms with E-state index in [9.17, 15) is 8.42 Å². The van der Waals surface area contributed by atoms with Crippen LogP contribution in [0.25, 0.3) is 0 Å². The number of hydrogen-bond acceptors (Lipinski definition) is 4. The van der Waals surface area contributed by atoms with E-state index >= 15 is 0 Å². The number of aryl methyl sites for hydroxylation is 2. The number of sulfonamides is 1. The minimum absolute atomic E-state index is 0.130. The molecule has 0 saturated carbocycles. The second-order valence-corrected chi connectivity index (χ2v) is 8.74. The van der Waals surface area contributed by atoms with Crippen molar-refractivity contribution in [3.8, 4) is 0 Å². The third kappa shape index (κ3) is 6.65. The van der Waals surface area contributed by atoms with Gasteiger partial charge in [-0.15, -0.1) is 0 Å². The minimum atomic E-state index is -3.22. The molecule has 1 N–H and O–H groups in total. The molecule has 5 nitrogen and oxygen atoms in total. The van der Waals surface area contributed by atoms with Crippen LogP contribution in [0.4, 0.5) is 5.69 Å². The fraction of sp³-hybridized carbons (Fsp3) is 0.429. The van der Waals surface area contributed by atoms with Crippen LogP contribution in [0.5, 0.6) is 0 Å². The Morgan fingerprint density at radius 3 is 2.26 bits per heavy atom. The molecule has 0 radical (unpaired) electrons. The van der Waals surface area contributed by atoms with E-state index in [2.05, 4.69) is 33.9 Å². The van der Waals surface area contributed by atoms with Crippen LogP contribution >= 0.6 is 0 Å². The van der Waals surface area contributed by atoms with Crippen LogP contribution in [0, 0.1) is 0 Å². The lowest BCUT2D eigenvalue weighted by Crippen LogP contribution is -2.36. The lowest BCUT2D eigenvalue weighted by Gasteiger charge is -2.28. The summed E-state index contributed by atoms with van der Waals surface area (Å²) in [4.78, 5) is 2.33. The van der Waals surface area contributed by atoms with Gasteiger partial charge in [-0.1, -0.05) is 42.5 Å². The molecule has 2 aromatic carbocycles. The minimum Gasteiger partial charge on any atom is -0.378 e. The van der Waals surface area contributed by atoms with Gasteiger partial charge >= 0.3 is 0 Å². The molecule has 0 aromatic heterocycles. The van der Waals surface area contributed by atoms with Crippen molar-refractivity contribution in [2.75, 3.05) is 43.5 Å². The van der Waals surface area contributed by atoms with Crippen LogP contribution in [0.1, 0.15) is 17.5 Å². The van der Waals surface area contributed by atoms with E-state index in [1.807, 2.05) is 30.3 Å². The largest absolute Gasteiger partial charge is 0.378 e. The van der Waals surface area contributed by atoms with E-state index in [0.717, 1.165) is 44.7 Å². The number of hydrogen-bond donors (Lipinski definition) is 1. The fourth-order valence-corrected chi connectivity index (χ4v) is 4.29. The highest BCUT2D eigenvalue weighted by molar-refractivity contribution is 7.89. The molecule has 0 bridgehead atoms. The highest BCUT2D eigenvalue weighted by atomic mass is 32.2. The van der Waals surface area contributed by atoms with Crippen molar-refractivity contribution >= 4 is 15.7 Å². The highest BCUT2D eigenvalue weighted by Gasteiger charge is 2.11. The topological polar surface area (TPSA) is 58.6 Å². The Balaban J connectivity index is 1.37. The van der Waals surface area contributed by atoms with E-state index in [1.165, 1.54) is 11.3 Å². The number of ether oxygens (including phenoxy) is 1. The Morgan fingerprint density at radius 2 is 1.56 bits per heavy atom. The van der Waals surface area contributed by atoms with Crippen LogP contribution in [0.15, 0.2) is 54.6 Å². The smallest absolute Gasteiger partial charge is 0.211 e. The molecule has 1 aliphatic heterocycles. The first-order chi connectivity index (χ1) is 13.1. The molecule has 1 heterocycles. The molecule has 146 valence electrons. The first kappa shape index (κ1) is 19.9. The number of nitrogens with zero attached hydrogens (tertiary/aromatic N) is 1. The Bertz CT molecular complexity index is 786. The van der Waals surface area contributed by atoms with E-state index < -0.39 is 10.0 Å². The van der Waals surface area contributed by atoms with Gasteiger partial charge in [0.05, 0.1) is 19.0 Å². The van der Waals surface area contributed by atoms with Crippen LogP contribution in [0.3, 0.4) is 0 Å². The fourth-order valence-electron chi connectivity index (χ4n) is 3.18. The summed E-state index contributed by atoms with van der Waals surface area (Å²) < 4.78 is 32.3. The van der Waals surface area contributed by atoms with Gasteiger partial charge in [0.2, 0.25) is 10.0 Å². The molecule has 1 aliphatic rings. The molecule has 2 aromatic rings. The van der Waals surface area contributed by atoms with Crippen LogP contribution in [-0.2, 0) is 27.6 Å². The Kier molecular flexibility index (Phi) is 7.26. The van der Waals surface area contributed by atoms with Crippen LogP contribution in [-0.4, -0.2) is 47.0 Å². The number of morpholine rings is 1. The van der Waals surface area contributed by atoms with Gasteiger partial charge in [-0.05, 0) is 42.5 Å². The highest BCUT2D eigenvalue weighted by Crippen LogP contribution is 2.17. The lowest BCUT2D eigenvalue weighted by atomic mass is 10.1. The van der Waals surface area contributed by atoms with E-state index in [1.54, 1.807) is 0 Å². The maximum atomic E-state index is 12.1. The first-order valence-electron chi connectivity index (χ1n) is 9.55. The van der Waals surface area contributed by atoms with Gasteiger partial charge < -0.3 is 9.64 Å². The van der Waals surface area contributed by atoms with Gasteiger partial charge in [-0.2, -0.15) is 0 Å². The maximum Gasteiger partial charge on any atom is 0.211 e. The SMILES string of the molecule is O=S(=O)(CCc1ccccc1)NCCCc1ccc(N2CCOCC2)cc1. The van der Waals surface area contributed by atoms with Crippen molar-refractivity contribution in [2.24, 2.45) is 0 Å².